The summed E-state index contributed by atoms with van der Waals surface area (Å²) in [6.07, 6.45) is 6.89. The van der Waals surface area contributed by atoms with Crippen molar-refractivity contribution in [1.29, 1.82) is 0 Å². The van der Waals surface area contributed by atoms with Crippen molar-refractivity contribution in [3.05, 3.63) is 56.9 Å². The molecule has 1 aliphatic rings. The fourth-order valence-corrected chi connectivity index (χ4v) is 5.75. The second kappa shape index (κ2) is 8.57. The number of hydrogen-bond acceptors (Lipinski definition) is 6. The van der Waals surface area contributed by atoms with Crippen LogP contribution in [0.5, 0.6) is 0 Å². The summed E-state index contributed by atoms with van der Waals surface area (Å²) in [6, 6.07) is 9.61. The lowest BCUT2D eigenvalue weighted by Gasteiger charge is -2.12. The summed E-state index contributed by atoms with van der Waals surface area (Å²) >= 11 is 8.69. The van der Waals surface area contributed by atoms with Gasteiger partial charge in [-0.1, -0.05) is 36.6 Å². The summed E-state index contributed by atoms with van der Waals surface area (Å²) in [6.45, 7) is 0. The molecule has 158 valence electrons. The van der Waals surface area contributed by atoms with Gasteiger partial charge < -0.3 is 5.73 Å². The molecule has 3 N–H and O–H groups in total. The van der Waals surface area contributed by atoms with E-state index in [4.69, 9.17) is 22.3 Å². The third-order valence-electron chi connectivity index (χ3n) is 5.57. The van der Waals surface area contributed by atoms with Crippen molar-refractivity contribution in [3.8, 4) is 11.3 Å². The number of carbonyl (C=O) groups excluding carboxylic acids is 1. The van der Waals surface area contributed by atoms with Gasteiger partial charge in [-0.05, 0) is 49.4 Å². The molecular weight excluding hydrogens is 448 g/mol. The molecule has 8 heteroatoms. The minimum absolute atomic E-state index is 0.245. The summed E-state index contributed by atoms with van der Waals surface area (Å²) in [5.41, 5.74) is 11.1. The molecule has 0 radical (unpaired) electrons. The third kappa shape index (κ3) is 4.18. The number of rotatable bonds is 3. The predicted octanol–water partition coefficient (Wildman–Crippen LogP) is 6.57. The van der Waals surface area contributed by atoms with Crippen LogP contribution < -0.4 is 11.1 Å². The Bertz CT molecular complexity index is 1260. The zero-order valence-corrected chi connectivity index (χ0v) is 19.2. The van der Waals surface area contributed by atoms with Gasteiger partial charge in [-0.25, -0.2) is 9.97 Å². The van der Waals surface area contributed by atoms with Crippen LogP contribution in [0.15, 0.2) is 35.7 Å². The van der Waals surface area contributed by atoms with E-state index >= 15 is 0 Å². The molecule has 1 aliphatic carbocycles. The van der Waals surface area contributed by atoms with Gasteiger partial charge in [-0.3, -0.25) is 10.1 Å². The van der Waals surface area contributed by atoms with E-state index in [1.54, 1.807) is 0 Å². The van der Waals surface area contributed by atoms with E-state index in [1.165, 1.54) is 53.9 Å². The van der Waals surface area contributed by atoms with E-state index in [2.05, 4.69) is 16.4 Å². The lowest BCUT2D eigenvalue weighted by Crippen LogP contribution is -2.11. The largest absolute Gasteiger partial charge is 0.397 e. The maximum atomic E-state index is 13.0. The zero-order valence-electron chi connectivity index (χ0n) is 16.8. The first-order valence-electron chi connectivity index (χ1n) is 10.3. The van der Waals surface area contributed by atoms with Gasteiger partial charge in [0.1, 0.15) is 9.71 Å². The number of nitrogen functional groups attached to an aromatic ring is 1. The number of nitrogens with two attached hydrogens (primary N) is 1. The highest BCUT2D eigenvalue weighted by atomic mass is 35.5. The lowest BCUT2D eigenvalue weighted by molar-refractivity contribution is 0.103. The number of halogens is 1. The number of carbonyl (C=O) groups is 1. The van der Waals surface area contributed by atoms with Gasteiger partial charge in [0.15, 0.2) is 5.13 Å². The maximum Gasteiger partial charge on any atom is 0.269 e. The van der Waals surface area contributed by atoms with Crippen molar-refractivity contribution in [2.75, 3.05) is 11.1 Å². The van der Waals surface area contributed by atoms with Crippen molar-refractivity contribution in [1.82, 2.24) is 9.97 Å². The van der Waals surface area contributed by atoms with Crippen LogP contribution in [-0.4, -0.2) is 15.9 Å². The van der Waals surface area contributed by atoms with E-state index in [0.717, 1.165) is 40.0 Å². The number of hydrogen-bond donors (Lipinski definition) is 2. The van der Waals surface area contributed by atoms with Crippen LogP contribution >= 0.6 is 34.3 Å². The molecule has 5 nitrogen and oxygen atoms in total. The van der Waals surface area contributed by atoms with Crippen molar-refractivity contribution in [2.24, 2.45) is 0 Å². The van der Waals surface area contributed by atoms with Crippen molar-refractivity contribution < 1.29 is 4.79 Å². The summed E-state index contributed by atoms with van der Waals surface area (Å²) < 4.78 is 0. The van der Waals surface area contributed by atoms with Crippen LogP contribution in [0.25, 0.3) is 21.5 Å². The van der Waals surface area contributed by atoms with E-state index in [1.807, 2.05) is 29.6 Å². The standard InChI is InChI=1S/C23H21ClN4OS2/c24-15-9-7-13(8-10-15)18-12-30-23(27-18)28-21(29)20-19(25)16-11-14-5-3-1-2-4-6-17(14)26-22(16)31-20/h7-12H,1-6,25H2,(H,27,28,29). The first-order chi connectivity index (χ1) is 15.1. The van der Waals surface area contributed by atoms with E-state index in [-0.39, 0.29) is 5.91 Å². The second-order valence-corrected chi connectivity index (χ2v) is 10.00. The van der Waals surface area contributed by atoms with Crippen molar-refractivity contribution >= 4 is 61.2 Å². The first kappa shape index (κ1) is 20.4. The molecule has 0 saturated carbocycles. The van der Waals surface area contributed by atoms with Gasteiger partial charge in [0, 0.05) is 27.0 Å². The minimum Gasteiger partial charge on any atom is -0.397 e. The average molecular weight is 469 g/mol. The smallest absolute Gasteiger partial charge is 0.269 e. The number of aryl methyl sites for hydroxylation is 2. The van der Waals surface area contributed by atoms with E-state index in [0.29, 0.717) is 20.7 Å². The molecule has 0 saturated heterocycles. The molecule has 3 aromatic heterocycles. The molecule has 31 heavy (non-hydrogen) atoms. The normalized spacial score (nSPS) is 14.1. The van der Waals surface area contributed by atoms with E-state index < -0.39 is 0 Å². The molecule has 4 aromatic rings. The van der Waals surface area contributed by atoms with Gasteiger partial charge in [-0.15, -0.1) is 22.7 Å². The first-order valence-corrected chi connectivity index (χ1v) is 12.4. The zero-order chi connectivity index (χ0) is 21.4. The monoisotopic (exact) mass is 468 g/mol. The molecule has 3 heterocycles. The predicted molar refractivity (Wildman–Crippen MR) is 130 cm³/mol. The molecule has 0 aliphatic heterocycles. The molecule has 0 bridgehead atoms. The van der Waals surface area contributed by atoms with Gasteiger partial charge in [0.2, 0.25) is 0 Å². The summed E-state index contributed by atoms with van der Waals surface area (Å²) in [7, 11) is 0. The number of anilines is 2. The topological polar surface area (TPSA) is 80.9 Å². The highest BCUT2D eigenvalue weighted by molar-refractivity contribution is 7.21. The summed E-state index contributed by atoms with van der Waals surface area (Å²) in [5.74, 6) is -0.245. The fraction of sp³-hybridized carbons (Fsp3) is 0.261. The highest BCUT2D eigenvalue weighted by Gasteiger charge is 2.21. The number of nitrogens with zero attached hydrogens (tertiary/aromatic N) is 2. The van der Waals surface area contributed by atoms with Gasteiger partial charge in [0.25, 0.3) is 5.91 Å². The highest BCUT2D eigenvalue weighted by Crippen LogP contribution is 2.36. The van der Waals surface area contributed by atoms with Crippen LogP contribution in [0.1, 0.15) is 46.6 Å². The molecule has 1 aromatic carbocycles. The van der Waals surface area contributed by atoms with Crippen LogP contribution in [0, 0.1) is 0 Å². The fourth-order valence-electron chi connectivity index (χ4n) is 3.92. The number of thiazole rings is 1. The number of amides is 1. The molecule has 5 rings (SSSR count). The average Bonchev–Trinajstić information content (AvgIpc) is 3.33. The number of aromatic nitrogens is 2. The van der Waals surface area contributed by atoms with Crippen LogP contribution in [-0.2, 0) is 12.8 Å². The number of nitrogens with one attached hydrogen (secondary N) is 1. The van der Waals surface area contributed by atoms with Crippen molar-refractivity contribution in [3.63, 3.8) is 0 Å². The Labute approximate surface area is 193 Å². The molecular formula is C23H21ClN4OS2. The maximum absolute atomic E-state index is 13.0. The Hall–Kier alpha value is -2.48. The summed E-state index contributed by atoms with van der Waals surface area (Å²) in [4.78, 5) is 23.7. The van der Waals surface area contributed by atoms with Crippen molar-refractivity contribution in [2.45, 2.75) is 38.5 Å². The van der Waals surface area contributed by atoms with Crippen LogP contribution in [0.4, 0.5) is 10.8 Å². The van der Waals surface area contributed by atoms with Crippen LogP contribution in [0.3, 0.4) is 0 Å². The quantitative estimate of drug-likeness (QED) is 0.356. The molecule has 1 amide bonds. The molecule has 0 fully saturated rings. The van der Waals surface area contributed by atoms with Crippen LogP contribution in [0.2, 0.25) is 5.02 Å². The summed E-state index contributed by atoms with van der Waals surface area (Å²) in [5, 5.41) is 6.90. The molecule has 0 unspecified atom stereocenters. The Morgan fingerprint density at radius 1 is 1.06 bits per heavy atom. The number of fused-ring (bicyclic) bond motifs is 2. The molecule has 0 atom stereocenters. The Morgan fingerprint density at radius 2 is 1.84 bits per heavy atom. The Morgan fingerprint density at radius 3 is 2.65 bits per heavy atom. The third-order valence-corrected chi connectivity index (χ3v) is 7.69. The number of thiophene rings is 1. The molecule has 0 spiro atoms. The SMILES string of the molecule is Nc1c(C(=O)Nc2nc(-c3ccc(Cl)cc3)cs2)sc2nc3c(cc12)CCCCCC3. The van der Waals surface area contributed by atoms with Gasteiger partial charge in [-0.2, -0.15) is 0 Å². The lowest BCUT2D eigenvalue weighted by atomic mass is 9.96. The second-order valence-electron chi connectivity index (χ2n) is 7.70. The Balaban J connectivity index is 1.41. The van der Waals surface area contributed by atoms with Gasteiger partial charge >= 0.3 is 0 Å². The number of benzene rings is 1. The minimum atomic E-state index is -0.245. The Kier molecular flexibility index (Phi) is 5.65. The van der Waals surface area contributed by atoms with Gasteiger partial charge in [0.05, 0.1) is 11.4 Å². The van der Waals surface area contributed by atoms with E-state index in [9.17, 15) is 4.79 Å². The number of pyridine rings is 1.